The van der Waals surface area contributed by atoms with Crippen LogP contribution >= 0.6 is 0 Å². The van der Waals surface area contributed by atoms with Gasteiger partial charge in [-0.2, -0.15) is 0 Å². The minimum absolute atomic E-state index is 0.121. The maximum absolute atomic E-state index is 12.4. The summed E-state index contributed by atoms with van der Waals surface area (Å²) in [5, 5.41) is 5.64. The molecular formula is C24H28N2O5. The molecule has 7 nitrogen and oxygen atoms in total. The molecule has 0 spiro atoms. The van der Waals surface area contributed by atoms with Crippen LogP contribution in [0.25, 0.3) is 21.7 Å². The number of nitrogens with zero attached hydrogens (tertiary/aromatic N) is 1. The van der Waals surface area contributed by atoms with Gasteiger partial charge < -0.3 is 24.0 Å². The van der Waals surface area contributed by atoms with Gasteiger partial charge in [-0.15, -0.1) is 0 Å². The van der Waals surface area contributed by atoms with Crippen LogP contribution < -0.4 is 10.1 Å². The quantitative estimate of drug-likeness (QED) is 0.532. The summed E-state index contributed by atoms with van der Waals surface area (Å²) in [4.78, 5) is 25.6. The summed E-state index contributed by atoms with van der Waals surface area (Å²) >= 11 is 0. The van der Waals surface area contributed by atoms with Gasteiger partial charge in [0, 0.05) is 44.1 Å². The summed E-state index contributed by atoms with van der Waals surface area (Å²) in [6.45, 7) is 4.94. The van der Waals surface area contributed by atoms with Gasteiger partial charge in [-0.25, -0.2) is 0 Å². The number of hydrogen-bond acceptors (Lipinski definition) is 6. The molecule has 4 rings (SSSR count). The highest BCUT2D eigenvalue weighted by molar-refractivity contribution is 6.00. The number of nitrogens with one attached hydrogen (secondary N) is 1. The fourth-order valence-corrected chi connectivity index (χ4v) is 4.08. The first-order chi connectivity index (χ1) is 15.2. The molecule has 1 saturated heterocycles. The second-order valence-corrected chi connectivity index (χ2v) is 7.76. The van der Waals surface area contributed by atoms with Crippen LogP contribution in [0, 0.1) is 0 Å². The number of furan rings is 1. The lowest BCUT2D eigenvalue weighted by Crippen LogP contribution is -2.38. The number of benzene rings is 2. The van der Waals surface area contributed by atoms with E-state index in [1.54, 1.807) is 13.3 Å². The van der Waals surface area contributed by atoms with Gasteiger partial charge in [0.25, 0.3) is 0 Å². The van der Waals surface area contributed by atoms with Crippen molar-refractivity contribution in [3.8, 4) is 5.75 Å². The Morgan fingerprint density at radius 1 is 1.23 bits per heavy atom. The molecule has 1 aliphatic heterocycles. The second-order valence-electron chi connectivity index (χ2n) is 7.76. The van der Waals surface area contributed by atoms with Gasteiger partial charge in [0.05, 0.1) is 25.4 Å². The van der Waals surface area contributed by atoms with E-state index in [9.17, 15) is 9.59 Å². The highest BCUT2D eigenvalue weighted by Gasteiger charge is 2.23. The van der Waals surface area contributed by atoms with Crippen LogP contribution in [0.2, 0.25) is 0 Å². The molecule has 0 saturated carbocycles. The summed E-state index contributed by atoms with van der Waals surface area (Å²) in [6.07, 6.45) is 3.24. The average Bonchev–Trinajstić information content (AvgIpc) is 3.20. The third-order valence-electron chi connectivity index (χ3n) is 5.83. The molecule has 1 aromatic heterocycles. The summed E-state index contributed by atoms with van der Waals surface area (Å²) < 4.78 is 17.1. The van der Waals surface area contributed by atoms with E-state index in [1.165, 1.54) is 0 Å². The zero-order valence-electron chi connectivity index (χ0n) is 17.8. The number of carbonyl (C=O) groups is 2. The Bertz CT molecular complexity index is 1050. The monoisotopic (exact) mass is 424 g/mol. The molecule has 0 bridgehead atoms. The molecule has 1 fully saturated rings. The van der Waals surface area contributed by atoms with E-state index < -0.39 is 5.92 Å². The molecular weight excluding hydrogens is 396 g/mol. The van der Waals surface area contributed by atoms with Crippen LogP contribution in [0.15, 0.2) is 41.0 Å². The largest absolute Gasteiger partial charge is 0.492 e. The van der Waals surface area contributed by atoms with Crippen LogP contribution in [0.4, 0.5) is 0 Å². The number of rotatable bonds is 9. The number of carbonyl (C=O) groups excluding carboxylic acids is 2. The predicted octanol–water partition coefficient (Wildman–Crippen LogP) is 3.11. The van der Waals surface area contributed by atoms with E-state index in [2.05, 4.69) is 10.2 Å². The number of amides is 1. The summed E-state index contributed by atoms with van der Waals surface area (Å²) in [7, 11) is 1.61. The number of likely N-dealkylation sites (N-methyl/N-ethyl adjacent to an activating group) is 1. The van der Waals surface area contributed by atoms with E-state index in [0.717, 1.165) is 72.2 Å². The lowest BCUT2D eigenvalue weighted by molar-refractivity contribution is -0.122. The Morgan fingerprint density at radius 3 is 2.84 bits per heavy atom. The van der Waals surface area contributed by atoms with Gasteiger partial charge in [0.2, 0.25) is 5.91 Å². The molecule has 1 amide bonds. The summed E-state index contributed by atoms with van der Waals surface area (Å²) in [5.74, 6) is 0.264. The highest BCUT2D eigenvalue weighted by atomic mass is 16.5. The van der Waals surface area contributed by atoms with Crippen LogP contribution in [0.3, 0.4) is 0 Å². The van der Waals surface area contributed by atoms with E-state index in [4.69, 9.17) is 13.9 Å². The van der Waals surface area contributed by atoms with Crippen molar-refractivity contribution in [2.75, 3.05) is 46.5 Å². The molecule has 31 heavy (non-hydrogen) atoms. The molecule has 1 N–H and O–H groups in total. The lowest BCUT2D eigenvalue weighted by Gasteiger charge is -2.26. The van der Waals surface area contributed by atoms with Crippen LogP contribution in [0.5, 0.6) is 5.75 Å². The van der Waals surface area contributed by atoms with E-state index in [1.807, 2.05) is 30.3 Å². The topological polar surface area (TPSA) is 81.0 Å². The molecule has 3 aromatic rings. The SMILES string of the molecule is CNC(=O)C(CCC=O)c1coc2cc3ccc(OCCN4CCOCC4)cc3cc12. The summed E-state index contributed by atoms with van der Waals surface area (Å²) in [6, 6.07) is 10.0. The van der Waals surface area contributed by atoms with Crippen molar-refractivity contribution in [3.63, 3.8) is 0 Å². The smallest absolute Gasteiger partial charge is 0.227 e. The Morgan fingerprint density at radius 2 is 2.06 bits per heavy atom. The normalized spacial score (nSPS) is 15.8. The van der Waals surface area contributed by atoms with Crippen molar-refractivity contribution in [1.29, 1.82) is 0 Å². The predicted molar refractivity (Wildman–Crippen MR) is 119 cm³/mol. The first-order valence-electron chi connectivity index (χ1n) is 10.7. The van der Waals surface area contributed by atoms with Crippen molar-refractivity contribution >= 4 is 33.9 Å². The average molecular weight is 424 g/mol. The number of hydrogen-bond donors (Lipinski definition) is 1. The third-order valence-corrected chi connectivity index (χ3v) is 5.83. The fraction of sp³-hybridized carbons (Fsp3) is 0.417. The first-order valence-corrected chi connectivity index (χ1v) is 10.7. The van der Waals surface area contributed by atoms with Crippen molar-refractivity contribution in [1.82, 2.24) is 10.2 Å². The first kappa shape index (κ1) is 21.3. The third kappa shape index (κ3) is 4.89. The molecule has 1 unspecified atom stereocenters. The number of morpholine rings is 1. The van der Waals surface area contributed by atoms with Crippen molar-refractivity contribution < 1.29 is 23.5 Å². The molecule has 164 valence electrons. The maximum Gasteiger partial charge on any atom is 0.227 e. The molecule has 0 aliphatic carbocycles. The van der Waals surface area contributed by atoms with Gasteiger partial charge in [0.1, 0.15) is 24.2 Å². The molecule has 1 aliphatic rings. The zero-order valence-corrected chi connectivity index (χ0v) is 17.8. The van der Waals surface area contributed by atoms with Crippen LogP contribution in [-0.2, 0) is 14.3 Å². The molecule has 2 aromatic carbocycles. The highest BCUT2D eigenvalue weighted by Crippen LogP contribution is 2.34. The number of aldehydes is 1. The second kappa shape index (κ2) is 9.94. The minimum Gasteiger partial charge on any atom is -0.492 e. The molecule has 1 atom stereocenters. The lowest BCUT2D eigenvalue weighted by atomic mass is 9.92. The van der Waals surface area contributed by atoms with Gasteiger partial charge in [0.15, 0.2) is 0 Å². The molecule has 7 heteroatoms. The summed E-state index contributed by atoms with van der Waals surface area (Å²) in [5.41, 5.74) is 1.53. The van der Waals surface area contributed by atoms with E-state index >= 15 is 0 Å². The van der Waals surface area contributed by atoms with Crippen LogP contribution in [0.1, 0.15) is 24.3 Å². The van der Waals surface area contributed by atoms with Gasteiger partial charge in [-0.1, -0.05) is 6.07 Å². The van der Waals surface area contributed by atoms with Gasteiger partial charge in [-0.3, -0.25) is 9.69 Å². The molecule has 0 radical (unpaired) electrons. The van der Waals surface area contributed by atoms with Crippen LogP contribution in [-0.4, -0.2) is 63.6 Å². The Hall–Kier alpha value is -2.90. The maximum atomic E-state index is 12.4. The standard InChI is InChI=1S/C24H28N2O5/c1-25-24(28)20(3-2-9-27)22-16-31-23-15-17-4-5-19(13-18(17)14-21(22)23)30-12-8-26-6-10-29-11-7-26/h4-5,9,13-16,20H,2-3,6-8,10-12H2,1H3,(H,25,28). The van der Waals surface area contributed by atoms with Crippen molar-refractivity contribution in [2.24, 2.45) is 0 Å². The Balaban J connectivity index is 1.56. The van der Waals surface area contributed by atoms with Gasteiger partial charge in [-0.05, 0) is 41.5 Å². The number of ether oxygens (including phenoxy) is 2. The Kier molecular flexibility index (Phi) is 6.84. The van der Waals surface area contributed by atoms with Crippen molar-refractivity contribution in [3.05, 3.63) is 42.2 Å². The molecule has 2 heterocycles. The van der Waals surface area contributed by atoms with Gasteiger partial charge >= 0.3 is 0 Å². The van der Waals surface area contributed by atoms with E-state index in [-0.39, 0.29) is 5.91 Å². The Labute approximate surface area is 181 Å². The zero-order chi connectivity index (χ0) is 21.6. The fourth-order valence-electron chi connectivity index (χ4n) is 4.08. The number of fused-ring (bicyclic) bond motifs is 2. The minimum atomic E-state index is -0.429. The van der Waals surface area contributed by atoms with Crippen molar-refractivity contribution in [2.45, 2.75) is 18.8 Å². The van der Waals surface area contributed by atoms with E-state index in [0.29, 0.717) is 19.4 Å².